The number of likely N-dealkylation sites (tertiary alicyclic amines) is 1. The minimum Gasteiger partial charge on any atom is -0.342 e. The number of quaternary nitrogens is 1. The fourth-order valence-electron chi connectivity index (χ4n) is 4.28. The summed E-state index contributed by atoms with van der Waals surface area (Å²) in [6.07, 6.45) is 5.89. The fraction of sp³-hybridized carbons (Fsp3) is 0.650. The molecular weight excluding hydrogens is 360 g/mol. The first-order valence-corrected chi connectivity index (χ1v) is 11.0. The largest absolute Gasteiger partial charge is 0.342 e. The molecule has 4 rings (SSSR count). The number of nitrogens with one attached hydrogen (secondary N) is 1. The van der Waals surface area contributed by atoms with Gasteiger partial charge in [-0.25, -0.2) is 4.98 Å². The number of hydrogen-bond acceptors (Lipinski definition) is 4. The van der Waals surface area contributed by atoms with Crippen LogP contribution in [0.5, 0.6) is 0 Å². The van der Waals surface area contributed by atoms with Crippen LogP contribution < -0.4 is 10.9 Å². The van der Waals surface area contributed by atoms with Gasteiger partial charge in [-0.2, -0.15) is 0 Å². The number of aromatic nitrogens is 2. The molecular formula is C20H29N4O2S+. The number of aryl methyl sites for hydroxylation is 1. The molecule has 1 amide bonds. The maximum Gasteiger partial charge on any atom is 0.260 e. The van der Waals surface area contributed by atoms with E-state index in [1.165, 1.54) is 10.4 Å². The van der Waals surface area contributed by atoms with E-state index in [-0.39, 0.29) is 17.5 Å². The number of amides is 1. The van der Waals surface area contributed by atoms with Crippen LogP contribution in [0.1, 0.15) is 61.8 Å². The van der Waals surface area contributed by atoms with Gasteiger partial charge in [-0.3, -0.25) is 9.59 Å². The molecule has 3 N–H and O–H groups in total. The van der Waals surface area contributed by atoms with E-state index in [9.17, 15) is 9.59 Å². The van der Waals surface area contributed by atoms with Crippen LogP contribution in [0, 0.1) is 5.92 Å². The van der Waals surface area contributed by atoms with Crippen molar-refractivity contribution in [1.29, 1.82) is 0 Å². The quantitative estimate of drug-likeness (QED) is 0.739. The Labute approximate surface area is 163 Å². The zero-order chi connectivity index (χ0) is 19.0. The van der Waals surface area contributed by atoms with Gasteiger partial charge in [0.15, 0.2) is 5.82 Å². The highest BCUT2D eigenvalue weighted by molar-refractivity contribution is 7.18. The van der Waals surface area contributed by atoms with Gasteiger partial charge in [0.25, 0.3) is 5.56 Å². The minimum absolute atomic E-state index is 0.0185. The lowest BCUT2D eigenvalue weighted by atomic mass is 9.89. The van der Waals surface area contributed by atoms with Gasteiger partial charge in [-0.05, 0) is 44.1 Å². The predicted molar refractivity (Wildman–Crippen MR) is 107 cm³/mol. The van der Waals surface area contributed by atoms with Crippen molar-refractivity contribution in [2.24, 2.45) is 5.92 Å². The van der Waals surface area contributed by atoms with Crippen LogP contribution in [-0.4, -0.2) is 40.4 Å². The summed E-state index contributed by atoms with van der Waals surface area (Å²) in [5, 5.41) is 3.03. The SMILES string of the molecule is C[C@H]1CCc2c(sc3nc([C@H](C)[NH2+]CCCN4CCCC4=O)[nH]c(=O)c23)C1. The van der Waals surface area contributed by atoms with Gasteiger partial charge < -0.3 is 15.2 Å². The molecule has 2 aromatic heterocycles. The molecule has 7 heteroatoms. The van der Waals surface area contributed by atoms with E-state index in [0.29, 0.717) is 12.3 Å². The van der Waals surface area contributed by atoms with Crippen molar-refractivity contribution in [2.45, 2.75) is 58.4 Å². The molecule has 146 valence electrons. The molecule has 2 aliphatic rings. The normalized spacial score (nSPS) is 21.0. The molecule has 6 nitrogen and oxygen atoms in total. The van der Waals surface area contributed by atoms with E-state index in [2.05, 4.69) is 24.1 Å². The summed E-state index contributed by atoms with van der Waals surface area (Å²) in [4.78, 5) is 36.4. The summed E-state index contributed by atoms with van der Waals surface area (Å²) in [5.74, 6) is 1.74. The molecule has 1 fully saturated rings. The molecule has 2 atom stereocenters. The second-order valence-corrected chi connectivity index (χ2v) is 9.22. The van der Waals surface area contributed by atoms with Crippen molar-refractivity contribution in [3.05, 3.63) is 26.6 Å². The lowest BCUT2D eigenvalue weighted by molar-refractivity contribution is -0.694. The highest BCUT2D eigenvalue weighted by Crippen LogP contribution is 2.35. The third-order valence-corrected chi connectivity index (χ3v) is 7.09. The van der Waals surface area contributed by atoms with Crippen LogP contribution in [-0.2, 0) is 17.6 Å². The summed E-state index contributed by atoms with van der Waals surface area (Å²) < 4.78 is 0. The number of thiophene rings is 1. The lowest BCUT2D eigenvalue weighted by Crippen LogP contribution is -2.85. The van der Waals surface area contributed by atoms with Gasteiger partial charge in [-0.15, -0.1) is 11.3 Å². The first kappa shape index (κ1) is 18.6. The molecule has 0 bridgehead atoms. The predicted octanol–water partition coefficient (Wildman–Crippen LogP) is 1.75. The minimum atomic E-state index is 0.0185. The van der Waals surface area contributed by atoms with Crippen molar-refractivity contribution in [3.63, 3.8) is 0 Å². The van der Waals surface area contributed by atoms with Crippen molar-refractivity contribution in [1.82, 2.24) is 14.9 Å². The van der Waals surface area contributed by atoms with Gasteiger partial charge in [0.1, 0.15) is 10.9 Å². The highest BCUT2D eigenvalue weighted by atomic mass is 32.1. The molecule has 0 saturated carbocycles. The van der Waals surface area contributed by atoms with E-state index in [1.54, 1.807) is 11.3 Å². The monoisotopic (exact) mass is 389 g/mol. The number of fused-ring (bicyclic) bond motifs is 3. The van der Waals surface area contributed by atoms with E-state index in [1.807, 2.05) is 4.90 Å². The van der Waals surface area contributed by atoms with Crippen LogP contribution in [0.4, 0.5) is 0 Å². The number of aromatic amines is 1. The summed E-state index contributed by atoms with van der Waals surface area (Å²) in [6, 6.07) is 0.106. The molecule has 27 heavy (non-hydrogen) atoms. The molecule has 1 saturated heterocycles. The number of carbonyl (C=O) groups is 1. The summed E-state index contributed by atoms with van der Waals surface area (Å²) >= 11 is 1.71. The second kappa shape index (κ2) is 7.72. The Hall–Kier alpha value is -1.73. The molecule has 1 aliphatic heterocycles. The number of H-pyrrole nitrogens is 1. The first-order chi connectivity index (χ1) is 13.0. The standard InChI is InChI=1S/C20H28N4O2S/c1-12-6-7-14-15(11-12)27-20-17(14)19(26)22-18(23-20)13(2)21-8-4-10-24-9-3-5-16(24)25/h12-13,21H,3-11H2,1-2H3,(H,22,23,26)/p+1/t12-,13-/m0/s1. The molecule has 0 aromatic carbocycles. The van der Waals surface area contributed by atoms with Crippen molar-refractivity contribution in [3.8, 4) is 0 Å². The zero-order valence-corrected chi connectivity index (χ0v) is 17.0. The van der Waals surface area contributed by atoms with Gasteiger partial charge in [0.05, 0.1) is 11.9 Å². The Morgan fingerprint density at radius 2 is 2.22 bits per heavy atom. The second-order valence-electron chi connectivity index (χ2n) is 8.13. The number of nitrogens with zero attached hydrogens (tertiary/aromatic N) is 2. The Morgan fingerprint density at radius 3 is 3.00 bits per heavy atom. The topological polar surface area (TPSA) is 82.7 Å². The zero-order valence-electron chi connectivity index (χ0n) is 16.2. The third kappa shape index (κ3) is 3.80. The van der Waals surface area contributed by atoms with Crippen LogP contribution in [0.2, 0.25) is 0 Å². The highest BCUT2D eigenvalue weighted by Gasteiger charge is 2.24. The first-order valence-electron chi connectivity index (χ1n) is 10.2. The Balaban J connectivity index is 1.42. The number of rotatable bonds is 6. The maximum atomic E-state index is 12.7. The van der Waals surface area contributed by atoms with Gasteiger partial charge in [-0.1, -0.05) is 6.92 Å². The van der Waals surface area contributed by atoms with Crippen molar-refractivity contribution in [2.75, 3.05) is 19.6 Å². The van der Waals surface area contributed by atoms with Crippen molar-refractivity contribution >= 4 is 27.5 Å². The Kier molecular flexibility index (Phi) is 5.32. The summed E-state index contributed by atoms with van der Waals surface area (Å²) in [7, 11) is 0. The van der Waals surface area contributed by atoms with Crippen LogP contribution >= 0.6 is 11.3 Å². The van der Waals surface area contributed by atoms with E-state index in [4.69, 9.17) is 4.98 Å². The third-order valence-electron chi connectivity index (χ3n) is 5.94. The van der Waals surface area contributed by atoms with Gasteiger partial charge >= 0.3 is 0 Å². The molecule has 0 spiro atoms. The van der Waals surface area contributed by atoms with Gasteiger partial charge in [0, 0.05) is 30.8 Å². The smallest absolute Gasteiger partial charge is 0.260 e. The van der Waals surface area contributed by atoms with E-state index in [0.717, 1.165) is 67.8 Å². The van der Waals surface area contributed by atoms with Crippen LogP contribution in [0.25, 0.3) is 10.2 Å². The van der Waals surface area contributed by atoms with Crippen LogP contribution in [0.3, 0.4) is 0 Å². The number of hydrogen-bond donors (Lipinski definition) is 2. The fourth-order valence-corrected chi connectivity index (χ4v) is 5.67. The number of carbonyl (C=O) groups excluding carboxylic acids is 1. The Bertz CT molecular complexity index is 903. The molecule has 2 aromatic rings. The van der Waals surface area contributed by atoms with E-state index >= 15 is 0 Å². The molecule has 0 unspecified atom stereocenters. The molecule has 3 heterocycles. The molecule has 0 radical (unpaired) electrons. The summed E-state index contributed by atoms with van der Waals surface area (Å²) in [5.41, 5.74) is 1.25. The number of nitrogens with two attached hydrogens (primary N) is 1. The molecule has 1 aliphatic carbocycles. The van der Waals surface area contributed by atoms with Crippen molar-refractivity contribution < 1.29 is 10.1 Å². The van der Waals surface area contributed by atoms with E-state index < -0.39 is 0 Å². The van der Waals surface area contributed by atoms with Crippen LogP contribution in [0.15, 0.2) is 4.79 Å². The lowest BCUT2D eigenvalue weighted by Gasteiger charge is -2.17. The summed E-state index contributed by atoms with van der Waals surface area (Å²) in [6.45, 7) is 7.03. The Morgan fingerprint density at radius 1 is 1.37 bits per heavy atom. The average molecular weight is 390 g/mol. The maximum absolute atomic E-state index is 12.7. The average Bonchev–Trinajstić information content (AvgIpc) is 3.21. The van der Waals surface area contributed by atoms with Gasteiger partial charge in [0.2, 0.25) is 5.91 Å².